The average molecular weight is 465 g/mol. The Hall–Kier alpha value is -2.59. The second-order valence-corrected chi connectivity index (χ2v) is 7.40. The molecular weight excluding hydrogens is 432 g/mol. The molecular formula is C24H32O9. The zero-order valence-corrected chi connectivity index (χ0v) is 18.9. The summed E-state index contributed by atoms with van der Waals surface area (Å²) in [6.07, 6.45) is 3.24. The Morgan fingerprint density at radius 2 is 1.97 bits per heavy atom. The number of rotatable bonds is 14. The molecule has 33 heavy (non-hydrogen) atoms. The van der Waals surface area contributed by atoms with Crippen molar-refractivity contribution in [1.29, 1.82) is 0 Å². The molecule has 0 saturated heterocycles. The third-order valence-corrected chi connectivity index (χ3v) is 5.23. The first-order valence-electron chi connectivity index (χ1n) is 11.1. The molecule has 0 aliphatic carbocycles. The molecule has 0 aromatic heterocycles. The molecule has 1 N–H and O–H groups in total. The van der Waals surface area contributed by atoms with Gasteiger partial charge in [0.15, 0.2) is 11.5 Å². The second kappa shape index (κ2) is 13.2. The minimum absolute atomic E-state index is 0.0173. The zero-order chi connectivity index (χ0) is 23.5. The number of esters is 1. The molecule has 0 fully saturated rings. The average Bonchev–Trinajstić information content (AvgIpc) is 3.30. The van der Waals surface area contributed by atoms with Crippen molar-refractivity contribution in [3.8, 4) is 11.5 Å². The minimum Gasteiger partial charge on any atom is -0.457 e. The highest BCUT2D eigenvalue weighted by molar-refractivity contribution is 5.86. The van der Waals surface area contributed by atoms with Gasteiger partial charge < -0.3 is 38.3 Å². The second-order valence-electron chi connectivity index (χ2n) is 7.40. The van der Waals surface area contributed by atoms with E-state index in [-0.39, 0.29) is 44.2 Å². The first-order valence-corrected chi connectivity index (χ1v) is 11.1. The van der Waals surface area contributed by atoms with Crippen LogP contribution >= 0.6 is 0 Å². The fraction of sp³-hybridized carbons (Fsp3) is 0.542. The summed E-state index contributed by atoms with van der Waals surface area (Å²) < 4.78 is 38.9. The van der Waals surface area contributed by atoms with Gasteiger partial charge in [0.2, 0.25) is 18.8 Å². The molecule has 2 heterocycles. The van der Waals surface area contributed by atoms with Gasteiger partial charge in [-0.1, -0.05) is 18.7 Å². The van der Waals surface area contributed by atoms with Crippen LogP contribution in [-0.2, 0) is 28.5 Å². The van der Waals surface area contributed by atoms with E-state index in [9.17, 15) is 4.79 Å². The van der Waals surface area contributed by atoms with Gasteiger partial charge in [0, 0.05) is 25.0 Å². The van der Waals surface area contributed by atoms with Crippen LogP contribution in [0.25, 0.3) is 0 Å². The van der Waals surface area contributed by atoms with E-state index in [2.05, 4.69) is 6.58 Å². The van der Waals surface area contributed by atoms with Gasteiger partial charge in [-0.3, -0.25) is 0 Å². The monoisotopic (exact) mass is 464 g/mol. The Morgan fingerprint density at radius 1 is 1.18 bits per heavy atom. The lowest BCUT2D eigenvalue weighted by Crippen LogP contribution is -2.37. The van der Waals surface area contributed by atoms with Crippen molar-refractivity contribution in [2.75, 3.05) is 53.0 Å². The molecule has 1 aromatic rings. The third kappa shape index (κ3) is 6.94. The maximum atomic E-state index is 12.5. The van der Waals surface area contributed by atoms with E-state index in [1.54, 1.807) is 6.08 Å². The van der Waals surface area contributed by atoms with Gasteiger partial charge in [-0.25, -0.2) is 4.79 Å². The third-order valence-electron chi connectivity index (χ3n) is 5.23. The van der Waals surface area contributed by atoms with E-state index < -0.39 is 12.3 Å². The molecule has 182 valence electrons. The number of aliphatic hydroxyl groups is 1. The van der Waals surface area contributed by atoms with Crippen LogP contribution in [-0.4, -0.2) is 70.4 Å². The number of hydrogen-bond donors (Lipinski definition) is 1. The molecule has 3 rings (SSSR count). The van der Waals surface area contributed by atoms with Crippen molar-refractivity contribution >= 4 is 5.97 Å². The van der Waals surface area contributed by atoms with E-state index in [1.165, 1.54) is 6.08 Å². The molecule has 2 aliphatic heterocycles. The van der Waals surface area contributed by atoms with Crippen molar-refractivity contribution in [2.24, 2.45) is 5.92 Å². The van der Waals surface area contributed by atoms with Gasteiger partial charge in [0.05, 0.1) is 26.4 Å². The molecule has 0 bridgehead atoms. The lowest BCUT2D eigenvalue weighted by molar-refractivity contribution is -0.176. The summed E-state index contributed by atoms with van der Waals surface area (Å²) in [6, 6.07) is 5.73. The number of hydrogen-bond acceptors (Lipinski definition) is 9. The lowest BCUT2D eigenvalue weighted by atomic mass is 9.81. The minimum atomic E-state index is -0.657. The van der Waals surface area contributed by atoms with Gasteiger partial charge in [-0.15, -0.1) is 0 Å². The van der Waals surface area contributed by atoms with E-state index >= 15 is 0 Å². The maximum absolute atomic E-state index is 12.5. The number of carbonyl (C=O) groups is 1. The summed E-state index contributed by atoms with van der Waals surface area (Å²) in [5, 5.41) is 8.77. The van der Waals surface area contributed by atoms with Crippen molar-refractivity contribution in [1.82, 2.24) is 0 Å². The van der Waals surface area contributed by atoms with Crippen LogP contribution in [0.4, 0.5) is 0 Å². The van der Waals surface area contributed by atoms with Crippen LogP contribution in [0.1, 0.15) is 24.8 Å². The summed E-state index contributed by atoms with van der Waals surface area (Å²) in [4.78, 5) is 12.5. The lowest BCUT2D eigenvalue weighted by Gasteiger charge is -2.36. The number of aliphatic hydroxyl groups excluding tert-OH is 1. The summed E-state index contributed by atoms with van der Waals surface area (Å²) in [7, 11) is 0. The molecule has 0 radical (unpaired) electrons. The number of benzene rings is 1. The van der Waals surface area contributed by atoms with Crippen LogP contribution in [0.3, 0.4) is 0 Å². The highest BCUT2D eigenvalue weighted by Crippen LogP contribution is 2.42. The number of allylic oxidation sites excluding steroid dienone is 1. The summed E-state index contributed by atoms with van der Waals surface area (Å²) in [5.74, 6) is 0.551. The molecule has 9 nitrogen and oxygen atoms in total. The predicted molar refractivity (Wildman–Crippen MR) is 118 cm³/mol. The van der Waals surface area contributed by atoms with Gasteiger partial charge in [-0.05, 0) is 37.1 Å². The molecule has 1 aromatic carbocycles. The van der Waals surface area contributed by atoms with E-state index in [1.807, 2.05) is 25.1 Å². The molecule has 0 saturated carbocycles. The molecule has 2 aliphatic rings. The van der Waals surface area contributed by atoms with Crippen molar-refractivity contribution < 1.29 is 43.1 Å². The predicted octanol–water partition coefficient (Wildman–Crippen LogP) is 2.54. The first kappa shape index (κ1) is 25.0. The number of fused-ring (bicyclic) bond motifs is 1. The highest BCUT2D eigenvalue weighted by Gasteiger charge is 2.39. The fourth-order valence-electron chi connectivity index (χ4n) is 3.74. The fourth-order valence-corrected chi connectivity index (χ4v) is 3.74. The van der Waals surface area contributed by atoms with Crippen molar-refractivity contribution in [3.05, 3.63) is 48.3 Å². The first-order chi connectivity index (χ1) is 16.2. The topological polar surface area (TPSA) is 102 Å². The maximum Gasteiger partial charge on any atom is 0.373 e. The van der Waals surface area contributed by atoms with Crippen molar-refractivity contribution in [3.63, 3.8) is 0 Å². The molecule has 0 unspecified atom stereocenters. The molecule has 3 atom stereocenters. The van der Waals surface area contributed by atoms with E-state index in [4.69, 9.17) is 38.3 Å². The Labute approximate surface area is 193 Å². The van der Waals surface area contributed by atoms with Gasteiger partial charge in [-0.2, -0.15) is 0 Å². The molecule has 0 amide bonds. The van der Waals surface area contributed by atoms with Gasteiger partial charge in [0.1, 0.15) is 6.61 Å². The van der Waals surface area contributed by atoms with Crippen LogP contribution in [0, 0.1) is 5.92 Å². The molecule has 9 heteroatoms. The zero-order valence-electron chi connectivity index (χ0n) is 18.9. The van der Waals surface area contributed by atoms with E-state index in [0.717, 1.165) is 5.56 Å². The van der Waals surface area contributed by atoms with Gasteiger partial charge in [0.25, 0.3) is 0 Å². The quantitative estimate of drug-likeness (QED) is 0.253. The van der Waals surface area contributed by atoms with Crippen LogP contribution in [0.2, 0.25) is 0 Å². The molecule has 0 spiro atoms. The van der Waals surface area contributed by atoms with Gasteiger partial charge >= 0.3 is 5.97 Å². The smallest absolute Gasteiger partial charge is 0.373 e. The number of ether oxygens (including phenoxy) is 7. The van der Waals surface area contributed by atoms with Crippen molar-refractivity contribution in [2.45, 2.75) is 25.6 Å². The van der Waals surface area contributed by atoms with Crippen LogP contribution < -0.4 is 9.47 Å². The van der Waals surface area contributed by atoms with Crippen LogP contribution in [0.15, 0.2) is 42.7 Å². The largest absolute Gasteiger partial charge is 0.457 e. The summed E-state index contributed by atoms with van der Waals surface area (Å²) in [6.45, 7) is 7.66. The highest BCUT2D eigenvalue weighted by atomic mass is 16.7. The standard InChI is InChI=1S/C24H32O9/c1-3-9-30-23(26)22-15-19(17-5-6-20-21(14-17)32-16-31-20)18(24(33-22)29-4-2)7-10-27-12-13-28-11-8-25/h3,5-6,14-15,18-19,24-25H,1,4,7-13,16H2,2H3/t18-,19+,24-/m1/s1. The Morgan fingerprint density at radius 3 is 2.73 bits per heavy atom. The van der Waals surface area contributed by atoms with Crippen LogP contribution in [0.5, 0.6) is 11.5 Å². The Balaban J connectivity index is 1.79. The Kier molecular flexibility index (Phi) is 10.0. The van der Waals surface area contributed by atoms with E-state index in [0.29, 0.717) is 44.3 Å². The summed E-state index contributed by atoms with van der Waals surface area (Å²) in [5.41, 5.74) is 0.942. The Bertz CT molecular complexity index is 807. The number of carbonyl (C=O) groups excluding carboxylic acids is 1. The normalized spacial score (nSPS) is 21.3. The summed E-state index contributed by atoms with van der Waals surface area (Å²) >= 11 is 0. The SMILES string of the molecule is C=CCOC(=O)C1=C[C@@H](c2ccc3c(c2)OCO3)[C@@H](CCOCCOCCO)[C@H](OCC)O1.